The minimum absolute atomic E-state index is 0.0617. The average Bonchev–Trinajstić information content (AvgIpc) is 2.45. The van der Waals surface area contributed by atoms with Gasteiger partial charge in [0.2, 0.25) is 5.91 Å². The highest BCUT2D eigenvalue weighted by molar-refractivity contribution is 5.83. The number of rotatable bonds is 8. The Labute approximate surface area is 128 Å². The number of aliphatic hydroxyl groups is 1. The summed E-state index contributed by atoms with van der Waals surface area (Å²) in [6, 6.07) is 9.42. The second kappa shape index (κ2) is 8.80. The van der Waals surface area contributed by atoms with Gasteiger partial charge in [-0.1, -0.05) is 51.1 Å². The Morgan fingerprint density at radius 3 is 2.43 bits per heavy atom. The van der Waals surface area contributed by atoms with Gasteiger partial charge in [0.15, 0.2) is 0 Å². The summed E-state index contributed by atoms with van der Waals surface area (Å²) in [5.41, 5.74) is 0.970. The summed E-state index contributed by atoms with van der Waals surface area (Å²) >= 11 is 0. The van der Waals surface area contributed by atoms with Gasteiger partial charge in [-0.2, -0.15) is 0 Å². The lowest BCUT2D eigenvalue weighted by molar-refractivity contribution is -0.126. The van der Waals surface area contributed by atoms with Crippen LogP contribution in [0.25, 0.3) is 0 Å². The van der Waals surface area contributed by atoms with Crippen LogP contribution in [0, 0.1) is 5.92 Å². The molecule has 0 bridgehead atoms. The molecule has 4 nitrogen and oxygen atoms in total. The Hall–Kier alpha value is -1.39. The maximum atomic E-state index is 12.5. The molecule has 2 N–H and O–H groups in total. The number of benzene rings is 1. The quantitative estimate of drug-likeness (QED) is 0.772. The van der Waals surface area contributed by atoms with Gasteiger partial charge in [0.1, 0.15) is 6.04 Å². The van der Waals surface area contributed by atoms with Crippen LogP contribution in [0.1, 0.15) is 38.8 Å². The molecular formula is C17H28N2O2. The number of hydrogen-bond acceptors (Lipinski definition) is 3. The number of carbonyl (C=O) groups is 1. The first-order valence-corrected chi connectivity index (χ1v) is 7.66. The van der Waals surface area contributed by atoms with Crippen molar-refractivity contribution >= 4 is 5.91 Å². The zero-order chi connectivity index (χ0) is 15.8. The minimum atomic E-state index is -0.489. The smallest absolute Gasteiger partial charge is 0.242 e. The van der Waals surface area contributed by atoms with E-state index in [9.17, 15) is 9.90 Å². The zero-order valence-electron chi connectivity index (χ0n) is 13.5. The van der Waals surface area contributed by atoms with Gasteiger partial charge in [-0.3, -0.25) is 9.69 Å². The second-order valence-corrected chi connectivity index (χ2v) is 5.91. The molecule has 1 aromatic rings. The Kier molecular flexibility index (Phi) is 7.40. The van der Waals surface area contributed by atoms with Crippen LogP contribution in [0.5, 0.6) is 0 Å². The third-order valence-electron chi connectivity index (χ3n) is 3.56. The fourth-order valence-corrected chi connectivity index (χ4v) is 2.37. The maximum Gasteiger partial charge on any atom is 0.242 e. The molecule has 21 heavy (non-hydrogen) atoms. The van der Waals surface area contributed by atoms with Crippen LogP contribution < -0.4 is 5.32 Å². The van der Waals surface area contributed by atoms with Crippen molar-refractivity contribution in [2.75, 3.05) is 20.1 Å². The topological polar surface area (TPSA) is 52.6 Å². The summed E-state index contributed by atoms with van der Waals surface area (Å²) in [6.07, 6.45) is 0.206. The lowest BCUT2D eigenvalue weighted by Crippen LogP contribution is -2.41. The summed E-state index contributed by atoms with van der Waals surface area (Å²) in [5, 5.41) is 12.8. The van der Waals surface area contributed by atoms with E-state index in [1.54, 1.807) is 0 Å². The van der Waals surface area contributed by atoms with Gasteiger partial charge in [-0.15, -0.1) is 0 Å². The van der Waals surface area contributed by atoms with E-state index in [1.165, 1.54) is 0 Å². The number of nitrogens with one attached hydrogen (secondary N) is 1. The van der Waals surface area contributed by atoms with Crippen molar-refractivity contribution in [3.8, 4) is 0 Å². The largest absolute Gasteiger partial charge is 0.391 e. The molecular weight excluding hydrogens is 264 g/mol. The lowest BCUT2D eigenvalue weighted by atomic mass is 10.0. The predicted molar refractivity (Wildman–Crippen MR) is 86.0 cm³/mol. The Morgan fingerprint density at radius 1 is 1.29 bits per heavy atom. The third-order valence-corrected chi connectivity index (χ3v) is 3.56. The van der Waals surface area contributed by atoms with Gasteiger partial charge in [0, 0.05) is 6.54 Å². The van der Waals surface area contributed by atoms with Gasteiger partial charge in [0.05, 0.1) is 6.10 Å². The molecule has 2 unspecified atom stereocenters. The second-order valence-electron chi connectivity index (χ2n) is 5.91. The molecule has 1 amide bonds. The Morgan fingerprint density at radius 2 is 1.90 bits per heavy atom. The molecule has 0 heterocycles. The molecule has 0 radical (unpaired) electrons. The molecule has 0 aliphatic carbocycles. The molecule has 0 aromatic heterocycles. The van der Waals surface area contributed by atoms with E-state index in [4.69, 9.17) is 0 Å². The van der Waals surface area contributed by atoms with Crippen molar-refractivity contribution in [1.82, 2.24) is 10.2 Å². The number of hydrogen-bond donors (Lipinski definition) is 2. The molecule has 1 aromatic carbocycles. The molecule has 0 saturated heterocycles. The molecule has 0 spiro atoms. The van der Waals surface area contributed by atoms with E-state index >= 15 is 0 Å². The van der Waals surface area contributed by atoms with Crippen molar-refractivity contribution in [3.63, 3.8) is 0 Å². The van der Waals surface area contributed by atoms with Crippen LogP contribution in [0.3, 0.4) is 0 Å². The van der Waals surface area contributed by atoms with E-state index < -0.39 is 6.10 Å². The number of nitrogens with zero attached hydrogens (tertiary/aromatic N) is 1. The maximum absolute atomic E-state index is 12.5. The molecule has 0 aliphatic heterocycles. The van der Waals surface area contributed by atoms with Crippen LogP contribution in [0.2, 0.25) is 0 Å². The SMILES string of the molecule is CCN(C)C(C(=O)NCC(O)CC(C)C)c1ccccc1. The fraction of sp³-hybridized carbons (Fsp3) is 0.588. The summed E-state index contributed by atoms with van der Waals surface area (Å²) in [6.45, 7) is 7.22. The average molecular weight is 292 g/mol. The van der Waals surface area contributed by atoms with Crippen LogP contribution in [0.15, 0.2) is 30.3 Å². The van der Waals surface area contributed by atoms with E-state index in [1.807, 2.05) is 49.2 Å². The Balaban J connectivity index is 2.69. The molecule has 118 valence electrons. The fourth-order valence-electron chi connectivity index (χ4n) is 2.37. The molecule has 0 saturated carbocycles. The molecule has 1 rings (SSSR count). The summed E-state index contributed by atoms with van der Waals surface area (Å²) < 4.78 is 0. The van der Waals surface area contributed by atoms with Crippen LogP contribution in [-0.4, -0.2) is 42.2 Å². The standard InChI is InChI=1S/C17H28N2O2/c1-5-19(4)16(14-9-7-6-8-10-14)17(21)18-12-15(20)11-13(2)3/h6-10,13,15-16,20H,5,11-12H2,1-4H3,(H,18,21). The molecule has 4 heteroatoms. The zero-order valence-corrected chi connectivity index (χ0v) is 13.5. The highest BCUT2D eigenvalue weighted by atomic mass is 16.3. The predicted octanol–water partition coefficient (Wildman–Crippen LogP) is 2.20. The van der Waals surface area contributed by atoms with E-state index in [-0.39, 0.29) is 11.9 Å². The lowest BCUT2D eigenvalue weighted by Gasteiger charge is -2.27. The number of likely N-dealkylation sites (N-methyl/N-ethyl adjacent to an activating group) is 1. The molecule has 0 aliphatic rings. The van der Waals surface area contributed by atoms with Crippen molar-refractivity contribution in [2.45, 2.75) is 39.3 Å². The first kappa shape index (κ1) is 17.7. The van der Waals surface area contributed by atoms with Gasteiger partial charge in [-0.05, 0) is 31.5 Å². The van der Waals surface area contributed by atoms with Gasteiger partial charge in [0.25, 0.3) is 0 Å². The normalized spacial score (nSPS) is 14.2. The van der Waals surface area contributed by atoms with Gasteiger partial charge < -0.3 is 10.4 Å². The van der Waals surface area contributed by atoms with Crippen LogP contribution in [0.4, 0.5) is 0 Å². The number of carbonyl (C=O) groups excluding carboxylic acids is 1. The van der Waals surface area contributed by atoms with E-state index in [0.717, 1.165) is 12.1 Å². The number of aliphatic hydroxyl groups excluding tert-OH is 1. The first-order valence-electron chi connectivity index (χ1n) is 7.66. The van der Waals surface area contributed by atoms with Gasteiger partial charge >= 0.3 is 0 Å². The summed E-state index contributed by atoms with van der Waals surface area (Å²) in [4.78, 5) is 14.5. The summed E-state index contributed by atoms with van der Waals surface area (Å²) in [5.74, 6) is 0.355. The van der Waals surface area contributed by atoms with Crippen LogP contribution >= 0.6 is 0 Å². The van der Waals surface area contributed by atoms with Crippen molar-refractivity contribution in [2.24, 2.45) is 5.92 Å². The first-order chi connectivity index (χ1) is 9.95. The van der Waals surface area contributed by atoms with E-state index in [2.05, 4.69) is 19.2 Å². The van der Waals surface area contributed by atoms with E-state index in [0.29, 0.717) is 18.9 Å². The van der Waals surface area contributed by atoms with Crippen molar-refractivity contribution in [3.05, 3.63) is 35.9 Å². The van der Waals surface area contributed by atoms with Crippen molar-refractivity contribution in [1.29, 1.82) is 0 Å². The third kappa shape index (κ3) is 5.86. The van der Waals surface area contributed by atoms with Gasteiger partial charge in [-0.25, -0.2) is 0 Å². The van der Waals surface area contributed by atoms with Crippen molar-refractivity contribution < 1.29 is 9.90 Å². The molecule has 2 atom stereocenters. The number of amides is 1. The monoisotopic (exact) mass is 292 g/mol. The Bertz CT molecular complexity index is 420. The minimum Gasteiger partial charge on any atom is -0.391 e. The summed E-state index contributed by atoms with van der Waals surface area (Å²) in [7, 11) is 1.93. The highest BCUT2D eigenvalue weighted by Crippen LogP contribution is 2.19. The highest BCUT2D eigenvalue weighted by Gasteiger charge is 2.24. The molecule has 0 fully saturated rings. The van der Waals surface area contributed by atoms with Crippen LogP contribution in [-0.2, 0) is 4.79 Å².